The highest BCUT2D eigenvalue weighted by Gasteiger charge is 2.40. The number of amides is 1. The predicted octanol–water partition coefficient (Wildman–Crippen LogP) is 1.06. The van der Waals surface area contributed by atoms with Crippen molar-refractivity contribution in [3.8, 4) is 11.5 Å². The van der Waals surface area contributed by atoms with E-state index in [-0.39, 0.29) is 16.0 Å². The summed E-state index contributed by atoms with van der Waals surface area (Å²) in [5.41, 5.74) is 0.700. The molecule has 9 heteroatoms. The molecular formula is C14H11NO6S2. The molecule has 1 saturated heterocycles. The van der Waals surface area contributed by atoms with Gasteiger partial charge >= 0.3 is 5.97 Å². The van der Waals surface area contributed by atoms with Gasteiger partial charge in [-0.05, 0) is 23.8 Å². The number of fused-ring (bicyclic) bond motifs is 1. The number of carbonyl (C=O) groups is 2. The first kappa shape index (κ1) is 15.8. The zero-order valence-electron chi connectivity index (χ0n) is 11.6. The van der Waals surface area contributed by atoms with Gasteiger partial charge in [-0.3, -0.25) is 9.69 Å². The molecule has 23 heavy (non-hydrogen) atoms. The summed E-state index contributed by atoms with van der Waals surface area (Å²) >= 11 is 6.05. The third kappa shape index (κ3) is 2.90. The van der Waals surface area contributed by atoms with Gasteiger partial charge in [0.15, 0.2) is 17.5 Å². The SMILES string of the molecule is O=C(O)C(CO)N1C(=O)C(=Cc2ccc3c(c2)OCO3)SC1=S. The van der Waals surface area contributed by atoms with Crippen molar-refractivity contribution in [1.82, 2.24) is 4.90 Å². The lowest BCUT2D eigenvalue weighted by Crippen LogP contribution is -2.46. The first-order chi connectivity index (χ1) is 11.0. The normalized spacial score (nSPS) is 19.5. The van der Waals surface area contributed by atoms with Crippen LogP contribution in [0, 0.1) is 0 Å². The summed E-state index contributed by atoms with van der Waals surface area (Å²) in [6.45, 7) is -0.559. The number of thioether (sulfide) groups is 1. The molecule has 1 aromatic carbocycles. The highest BCUT2D eigenvalue weighted by molar-refractivity contribution is 8.26. The maximum atomic E-state index is 12.4. The maximum absolute atomic E-state index is 12.4. The predicted molar refractivity (Wildman–Crippen MR) is 86.1 cm³/mol. The average Bonchev–Trinajstić information content (AvgIpc) is 3.07. The van der Waals surface area contributed by atoms with Gasteiger partial charge < -0.3 is 19.7 Å². The molecule has 2 aliphatic heterocycles. The topological polar surface area (TPSA) is 96.3 Å². The van der Waals surface area contributed by atoms with Crippen molar-refractivity contribution >= 4 is 46.3 Å². The largest absolute Gasteiger partial charge is 0.480 e. The minimum absolute atomic E-state index is 0.100. The van der Waals surface area contributed by atoms with Crippen LogP contribution in [0.4, 0.5) is 0 Å². The number of carbonyl (C=O) groups excluding carboxylic acids is 1. The minimum Gasteiger partial charge on any atom is -0.480 e. The number of aliphatic hydroxyl groups is 1. The number of carboxylic acid groups (broad SMARTS) is 1. The number of rotatable bonds is 4. The van der Waals surface area contributed by atoms with Crippen molar-refractivity contribution < 1.29 is 29.3 Å². The molecule has 0 spiro atoms. The van der Waals surface area contributed by atoms with Crippen LogP contribution in [0.2, 0.25) is 0 Å². The van der Waals surface area contributed by atoms with Gasteiger partial charge in [-0.1, -0.05) is 30.0 Å². The summed E-state index contributed by atoms with van der Waals surface area (Å²) in [6.07, 6.45) is 1.59. The zero-order valence-corrected chi connectivity index (χ0v) is 13.2. The number of nitrogens with zero attached hydrogens (tertiary/aromatic N) is 1. The van der Waals surface area contributed by atoms with Gasteiger partial charge in [0.2, 0.25) is 6.79 Å². The zero-order chi connectivity index (χ0) is 16.6. The van der Waals surface area contributed by atoms with E-state index in [1.165, 1.54) is 0 Å². The van der Waals surface area contributed by atoms with Crippen molar-refractivity contribution in [2.24, 2.45) is 0 Å². The number of aliphatic hydroxyl groups excluding tert-OH is 1. The molecular weight excluding hydrogens is 342 g/mol. The van der Waals surface area contributed by atoms with Gasteiger partial charge in [-0.25, -0.2) is 4.79 Å². The molecule has 2 heterocycles. The molecule has 0 radical (unpaired) electrons. The van der Waals surface area contributed by atoms with Crippen LogP contribution < -0.4 is 9.47 Å². The molecule has 1 aromatic rings. The van der Waals surface area contributed by atoms with E-state index in [1.807, 2.05) is 0 Å². The minimum atomic E-state index is -1.38. The lowest BCUT2D eigenvalue weighted by Gasteiger charge is -2.20. The van der Waals surface area contributed by atoms with E-state index < -0.39 is 24.5 Å². The number of hydrogen-bond donors (Lipinski definition) is 2. The fraction of sp³-hybridized carbons (Fsp3) is 0.214. The molecule has 1 atom stereocenters. The van der Waals surface area contributed by atoms with Gasteiger partial charge in [0.25, 0.3) is 5.91 Å². The van der Waals surface area contributed by atoms with E-state index in [9.17, 15) is 14.7 Å². The molecule has 3 rings (SSSR count). The molecule has 2 N–H and O–H groups in total. The summed E-state index contributed by atoms with van der Waals surface area (Å²) in [4.78, 5) is 24.7. The number of thiocarbonyl (C=S) groups is 1. The molecule has 0 aliphatic carbocycles. The van der Waals surface area contributed by atoms with Crippen LogP contribution in [0.5, 0.6) is 11.5 Å². The van der Waals surface area contributed by atoms with Crippen molar-refractivity contribution in [3.05, 3.63) is 28.7 Å². The van der Waals surface area contributed by atoms with Crippen LogP contribution in [-0.4, -0.2) is 50.8 Å². The summed E-state index contributed by atoms with van der Waals surface area (Å²) in [5, 5.41) is 18.3. The number of aliphatic carboxylic acids is 1. The fourth-order valence-electron chi connectivity index (χ4n) is 2.17. The molecule has 120 valence electrons. The van der Waals surface area contributed by atoms with Crippen LogP contribution in [0.25, 0.3) is 6.08 Å². The van der Waals surface area contributed by atoms with Crippen LogP contribution in [0.1, 0.15) is 5.56 Å². The Bertz CT molecular complexity index is 732. The second-order valence-corrected chi connectivity index (χ2v) is 6.38. The summed E-state index contributed by atoms with van der Waals surface area (Å²) < 4.78 is 10.6. The van der Waals surface area contributed by atoms with Gasteiger partial charge in [-0.2, -0.15) is 0 Å². The maximum Gasteiger partial charge on any atom is 0.329 e. The lowest BCUT2D eigenvalue weighted by atomic mass is 10.2. The average molecular weight is 353 g/mol. The Balaban J connectivity index is 1.88. The van der Waals surface area contributed by atoms with Gasteiger partial charge in [0.05, 0.1) is 11.5 Å². The lowest BCUT2D eigenvalue weighted by molar-refractivity contribution is -0.146. The molecule has 7 nitrogen and oxygen atoms in total. The number of carboxylic acids is 1. The smallest absolute Gasteiger partial charge is 0.329 e. The number of benzene rings is 1. The number of ether oxygens (including phenoxy) is 2. The first-order valence-electron chi connectivity index (χ1n) is 6.51. The second-order valence-electron chi connectivity index (χ2n) is 4.70. The van der Waals surface area contributed by atoms with Crippen LogP contribution in [-0.2, 0) is 9.59 Å². The summed E-state index contributed by atoms with van der Waals surface area (Å²) in [5.74, 6) is -0.652. The molecule has 0 bridgehead atoms. The Kier molecular flexibility index (Phi) is 4.24. The van der Waals surface area contributed by atoms with E-state index in [4.69, 9.17) is 26.8 Å². The van der Waals surface area contributed by atoms with Crippen molar-refractivity contribution in [1.29, 1.82) is 0 Å². The van der Waals surface area contributed by atoms with Crippen LogP contribution in [0.15, 0.2) is 23.1 Å². The molecule has 1 fully saturated rings. The quantitative estimate of drug-likeness (QED) is 0.613. The van der Waals surface area contributed by atoms with Crippen LogP contribution >= 0.6 is 24.0 Å². The highest BCUT2D eigenvalue weighted by atomic mass is 32.2. The van der Waals surface area contributed by atoms with Gasteiger partial charge in [0, 0.05) is 0 Å². The van der Waals surface area contributed by atoms with E-state index in [2.05, 4.69) is 0 Å². The Hall–Kier alpha value is -2.10. The summed E-state index contributed by atoms with van der Waals surface area (Å²) in [6, 6.07) is 3.81. The van der Waals surface area contributed by atoms with Crippen LogP contribution in [0.3, 0.4) is 0 Å². The molecule has 1 unspecified atom stereocenters. The monoisotopic (exact) mass is 353 g/mol. The molecule has 2 aliphatic rings. The Morgan fingerprint density at radius 2 is 2.17 bits per heavy atom. The second kappa shape index (κ2) is 6.19. The van der Waals surface area contributed by atoms with E-state index in [1.54, 1.807) is 24.3 Å². The van der Waals surface area contributed by atoms with E-state index >= 15 is 0 Å². The third-order valence-electron chi connectivity index (χ3n) is 3.29. The van der Waals surface area contributed by atoms with E-state index in [0.717, 1.165) is 16.7 Å². The Morgan fingerprint density at radius 1 is 1.43 bits per heavy atom. The molecule has 0 aromatic heterocycles. The van der Waals surface area contributed by atoms with Crippen molar-refractivity contribution in [2.75, 3.05) is 13.4 Å². The Morgan fingerprint density at radius 3 is 2.87 bits per heavy atom. The molecule has 1 amide bonds. The molecule has 0 saturated carbocycles. The van der Waals surface area contributed by atoms with Gasteiger partial charge in [-0.15, -0.1) is 0 Å². The standard InChI is InChI=1S/C14H11NO6S2/c16-5-8(13(18)19)15-12(17)11(23-14(15)22)4-7-1-2-9-10(3-7)21-6-20-9/h1-4,8,16H,5-6H2,(H,18,19). The third-order valence-corrected chi connectivity index (χ3v) is 4.62. The highest BCUT2D eigenvalue weighted by Crippen LogP contribution is 2.37. The van der Waals surface area contributed by atoms with Gasteiger partial charge in [0.1, 0.15) is 4.32 Å². The van der Waals surface area contributed by atoms with Crippen molar-refractivity contribution in [3.63, 3.8) is 0 Å². The Labute approximate surface area is 140 Å². The summed E-state index contributed by atoms with van der Waals surface area (Å²) in [7, 11) is 0. The fourth-order valence-corrected chi connectivity index (χ4v) is 3.53. The van der Waals surface area contributed by atoms with Crippen molar-refractivity contribution in [2.45, 2.75) is 6.04 Å². The first-order valence-corrected chi connectivity index (χ1v) is 7.74. The van der Waals surface area contributed by atoms with E-state index in [0.29, 0.717) is 17.1 Å². The number of hydrogen-bond acceptors (Lipinski definition) is 7.